The van der Waals surface area contributed by atoms with Gasteiger partial charge in [-0.2, -0.15) is 0 Å². The van der Waals surface area contributed by atoms with Crippen molar-refractivity contribution >= 4 is 11.4 Å². The molecular formula is C17H16O2. The molecule has 1 N–H and O–H groups in total. The summed E-state index contributed by atoms with van der Waals surface area (Å²) < 4.78 is 0. The van der Waals surface area contributed by atoms with E-state index in [0.717, 1.165) is 11.1 Å². The fourth-order valence-electron chi connectivity index (χ4n) is 1.89. The molecule has 1 atom stereocenters. The SMILES string of the molecule is C=C(C(=O)CC(O)c1ccccc1)c1ccccc1. The van der Waals surface area contributed by atoms with Crippen LogP contribution in [0.3, 0.4) is 0 Å². The van der Waals surface area contributed by atoms with Crippen molar-refractivity contribution in [3.05, 3.63) is 78.4 Å². The molecule has 0 saturated carbocycles. The number of benzene rings is 2. The van der Waals surface area contributed by atoms with E-state index in [1.165, 1.54) is 0 Å². The molecule has 0 aromatic heterocycles. The van der Waals surface area contributed by atoms with Crippen molar-refractivity contribution in [2.45, 2.75) is 12.5 Å². The van der Waals surface area contributed by atoms with Crippen LogP contribution < -0.4 is 0 Å². The average Bonchev–Trinajstić information content (AvgIpc) is 2.48. The number of hydrogen-bond donors (Lipinski definition) is 1. The molecule has 2 rings (SSSR count). The summed E-state index contributed by atoms with van der Waals surface area (Å²) in [7, 11) is 0. The lowest BCUT2D eigenvalue weighted by Crippen LogP contribution is -2.08. The Morgan fingerprint density at radius 2 is 1.53 bits per heavy atom. The van der Waals surface area contributed by atoms with Crippen LogP contribution in [0.25, 0.3) is 5.57 Å². The van der Waals surface area contributed by atoms with E-state index < -0.39 is 6.10 Å². The predicted octanol–water partition coefficient (Wildman–Crippen LogP) is 3.39. The zero-order chi connectivity index (χ0) is 13.7. The lowest BCUT2D eigenvalue weighted by Gasteiger charge is -2.11. The molecule has 0 saturated heterocycles. The molecule has 1 unspecified atom stereocenters. The Morgan fingerprint density at radius 1 is 1.00 bits per heavy atom. The normalized spacial score (nSPS) is 11.8. The highest BCUT2D eigenvalue weighted by atomic mass is 16.3. The van der Waals surface area contributed by atoms with Gasteiger partial charge in [-0.1, -0.05) is 67.2 Å². The maximum absolute atomic E-state index is 12.1. The highest BCUT2D eigenvalue weighted by Crippen LogP contribution is 2.21. The van der Waals surface area contributed by atoms with Gasteiger partial charge in [-0.25, -0.2) is 0 Å². The standard InChI is InChI=1S/C17H16O2/c1-13(14-8-4-2-5-9-14)16(18)12-17(19)15-10-6-3-7-11-15/h2-11,17,19H,1,12H2. The van der Waals surface area contributed by atoms with Gasteiger partial charge in [-0.3, -0.25) is 4.79 Å². The molecule has 0 aliphatic rings. The highest BCUT2D eigenvalue weighted by molar-refractivity contribution is 6.20. The monoisotopic (exact) mass is 252 g/mol. The summed E-state index contributed by atoms with van der Waals surface area (Å²) in [5.74, 6) is -0.137. The van der Waals surface area contributed by atoms with Crippen LogP contribution in [-0.4, -0.2) is 10.9 Å². The second kappa shape index (κ2) is 6.12. The molecule has 19 heavy (non-hydrogen) atoms. The second-order valence-electron chi connectivity index (χ2n) is 4.40. The fourth-order valence-corrected chi connectivity index (χ4v) is 1.89. The highest BCUT2D eigenvalue weighted by Gasteiger charge is 2.16. The van der Waals surface area contributed by atoms with Gasteiger partial charge >= 0.3 is 0 Å². The molecule has 2 nitrogen and oxygen atoms in total. The van der Waals surface area contributed by atoms with Gasteiger partial charge in [0.2, 0.25) is 0 Å². The van der Waals surface area contributed by atoms with E-state index in [1.807, 2.05) is 60.7 Å². The molecule has 0 aliphatic carbocycles. The molecule has 2 heteroatoms. The number of aliphatic hydroxyl groups excluding tert-OH is 1. The number of Topliss-reactive ketones (excluding diaryl/α,β-unsaturated/α-hetero) is 1. The molecule has 0 amide bonds. The number of allylic oxidation sites excluding steroid dienone is 1. The van der Waals surface area contributed by atoms with Gasteiger partial charge in [0.25, 0.3) is 0 Å². The summed E-state index contributed by atoms with van der Waals surface area (Å²) in [6, 6.07) is 18.5. The first-order valence-electron chi connectivity index (χ1n) is 6.19. The van der Waals surface area contributed by atoms with Crippen molar-refractivity contribution < 1.29 is 9.90 Å². The third-order valence-corrected chi connectivity index (χ3v) is 3.02. The number of ketones is 1. The van der Waals surface area contributed by atoms with Crippen LogP contribution in [-0.2, 0) is 4.79 Å². The molecule has 2 aromatic rings. The number of carbonyl (C=O) groups is 1. The first kappa shape index (κ1) is 13.2. The Balaban J connectivity index is 2.04. The van der Waals surface area contributed by atoms with Crippen LogP contribution in [0, 0.1) is 0 Å². The molecular weight excluding hydrogens is 236 g/mol. The lowest BCUT2D eigenvalue weighted by molar-refractivity contribution is -0.115. The Labute approximate surface area is 113 Å². The number of carbonyl (C=O) groups excluding carboxylic acids is 1. The van der Waals surface area contributed by atoms with Crippen LogP contribution in [0.5, 0.6) is 0 Å². The van der Waals surface area contributed by atoms with E-state index >= 15 is 0 Å². The van der Waals surface area contributed by atoms with E-state index in [2.05, 4.69) is 6.58 Å². The van der Waals surface area contributed by atoms with Gasteiger partial charge in [0, 0.05) is 12.0 Å². The number of hydrogen-bond acceptors (Lipinski definition) is 2. The Morgan fingerprint density at radius 3 is 2.11 bits per heavy atom. The molecule has 0 heterocycles. The zero-order valence-corrected chi connectivity index (χ0v) is 10.6. The third kappa shape index (κ3) is 3.39. The molecule has 96 valence electrons. The Hall–Kier alpha value is -2.19. The Kier molecular flexibility index (Phi) is 4.26. The minimum Gasteiger partial charge on any atom is -0.388 e. The molecule has 0 spiro atoms. The molecule has 2 aromatic carbocycles. The minimum absolute atomic E-state index is 0.0533. The second-order valence-corrected chi connectivity index (χ2v) is 4.40. The van der Waals surface area contributed by atoms with Gasteiger partial charge in [0.05, 0.1) is 6.10 Å². The maximum Gasteiger partial charge on any atom is 0.165 e. The van der Waals surface area contributed by atoms with Crippen LogP contribution in [0.1, 0.15) is 23.7 Å². The van der Waals surface area contributed by atoms with Crippen molar-refractivity contribution in [1.29, 1.82) is 0 Å². The quantitative estimate of drug-likeness (QED) is 0.828. The number of aliphatic hydroxyl groups is 1. The summed E-state index contributed by atoms with van der Waals surface area (Å²) in [5, 5.41) is 10.0. The first-order valence-corrected chi connectivity index (χ1v) is 6.19. The van der Waals surface area contributed by atoms with E-state index in [1.54, 1.807) is 0 Å². The van der Waals surface area contributed by atoms with Crippen molar-refractivity contribution in [2.75, 3.05) is 0 Å². The average molecular weight is 252 g/mol. The molecule has 0 bridgehead atoms. The summed E-state index contributed by atoms with van der Waals surface area (Å²) in [6.45, 7) is 3.81. The van der Waals surface area contributed by atoms with Crippen LogP contribution in [0.15, 0.2) is 67.2 Å². The third-order valence-electron chi connectivity index (χ3n) is 3.02. The van der Waals surface area contributed by atoms with E-state index in [4.69, 9.17) is 0 Å². The summed E-state index contributed by atoms with van der Waals surface area (Å²) in [4.78, 5) is 12.1. The summed E-state index contributed by atoms with van der Waals surface area (Å²) >= 11 is 0. The summed E-state index contributed by atoms with van der Waals surface area (Å²) in [6.07, 6.45) is -0.730. The smallest absolute Gasteiger partial charge is 0.165 e. The van der Waals surface area contributed by atoms with Gasteiger partial charge in [-0.05, 0) is 11.1 Å². The number of rotatable bonds is 5. The van der Waals surface area contributed by atoms with Crippen LogP contribution in [0.4, 0.5) is 0 Å². The van der Waals surface area contributed by atoms with Gasteiger partial charge in [0.15, 0.2) is 5.78 Å². The van der Waals surface area contributed by atoms with Gasteiger partial charge < -0.3 is 5.11 Å². The van der Waals surface area contributed by atoms with E-state index in [9.17, 15) is 9.90 Å². The van der Waals surface area contributed by atoms with Crippen molar-refractivity contribution in [3.63, 3.8) is 0 Å². The van der Waals surface area contributed by atoms with Crippen molar-refractivity contribution in [3.8, 4) is 0 Å². The Bertz CT molecular complexity index is 558. The minimum atomic E-state index is -0.783. The fraction of sp³-hybridized carbons (Fsp3) is 0.118. The van der Waals surface area contributed by atoms with Crippen molar-refractivity contribution in [1.82, 2.24) is 0 Å². The predicted molar refractivity (Wildman–Crippen MR) is 76.5 cm³/mol. The van der Waals surface area contributed by atoms with Crippen LogP contribution in [0.2, 0.25) is 0 Å². The lowest BCUT2D eigenvalue weighted by atomic mass is 9.97. The topological polar surface area (TPSA) is 37.3 Å². The molecule has 0 radical (unpaired) electrons. The summed E-state index contributed by atoms with van der Waals surface area (Å²) in [5.41, 5.74) is 1.99. The first-order chi connectivity index (χ1) is 9.18. The molecule has 0 aliphatic heterocycles. The van der Waals surface area contributed by atoms with Gasteiger partial charge in [-0.15, -0.1) is 0 Å². The van der Waals surface area contributed by atoms with Crippen molar-refractivity contribution in [2.24, 2.45) is 0 Å². The largest absolute Gasteiger partial charge is 0.388 e. The maximum atomic E-state index is 12.1. The van der Waals surface area contributed by atoms with Gasteiger partial charge in [0.1, 0.15) is 0 Å². The zero-order valence-electron chi connectivity index (χ0n) is 10.6. The molecule has 0 fully saturated rings. The van der Waals surface area contributed by atoms with E-state index in [-0.39, 0.29) is 12.2 Å². The van der Waals surface area contributed by atoms with Crippen LogP contribution >= 0.6 is 0 Å². The van der Waals surface area contributed by atoms with E-state index in [0.29, 0.717) is 5.57 Å².